The zero-order valence-electron chi connectivity index (χ0n) is 12.3. The molecule has 4 nitrogen and oxygen atoms in total. The SMILES string of the molecule is CCCCOCCOCC(O)CNCCc1cccs1. The molecule has 2 N–H and O–H groups in total. The third-order valence-electron chi connectivity index (χ3n) is 2.83. The molecular formula is C15H27NO3S. The predicted molar refractivity (Wildman–Crippen MR) is 83.4 cm³/mol. The Morgan fingerprint density at radius 1 is 1.30 bits per heavy atom. The molecule has 1 unspecified atom stereocenters. The number of hydrogen-bond acceptors (Lipinski definition) is 5. The highest BCUT2D eigenvalue weighted by Crippen LogP contribution is 2.07. The van der Waals surface area contributed by atoms with Crippen LogP contribution in [0.3, 0.4) is 0 Å². The molecule has 0 radical (unpaired) electrons. The highest BCUT2D eigenvalue weighted by atomic mass is 32.1. The Hall–Kier alpha value is -0.460. The summed E-state index contributed by atoms with van der Waals surface area (Å²) in [7, 11) is 0. The normalized spacial score (nSPS) is 12.7. The lowest BCUT2D eigenvalue weighted by Gasteiger charge is -2.12. The summed E-state index contributed by atoms with van der Waals surface area (Å²) < 4.78 is 10.7. The van der Waals surface area contributed by atoms with Gasteiger partial charge in [-0.3, -0.25) is 0 Å². The van der Waals surface area contributed by atoms with Crippen molar-refractivity contribution < 1.29 is 14.6 Å². The largest absolute Gasteiger partial charge is 0.389 e. The van der Waals surface area contributed by atoms with Gasteiger partial charge in [-0.2, -0.15) is 0 Å². The number of nitrogens with one attached hydrogen (secondary N) is 1. The van der Waals surface area contributed by atoms with Gasteiger partial charge in [-0.15, -0.1) is 11.3 Å². The molecule has 1 rings (SSSR count). The minimum atomic E-state index is -0.450. The van der Waals surface area contributed by atoms with Gasteiger partial charge >= 0.3 is 0 Å². The van der Waals surface area contributed by atoms with E-state index in [2.05, 4.69) is 29.8 Å². The number of rotatable bonds is 13. The second kappa shape index (κ2) is 12.3. The van der Waals surface area contributed by atoms with Crippen LogP contribution in [0.25, 0.3) is 0 Å². The fraction of sp³-hybridized carbons (Fsp3) is 0.733. The van der Waals surface area contributed by atoms with E-state index in [1.165, 1.54) is 4.88 Å². The van der Waals surface area contributed by atoms with E-state index in [1.807, 2.05) is 0 Å². The Balaban J connectivity index is 1.84. The summed E-state index contributed by atoms with van der Waals surface area (Å²) in [6.07, 6.45) is 2.80. The number of unbranched alkanes of at least 4 members (excludes halogenated alkanes) is 1. The van der Waals surface area contributed by atoms with Crippen LogP contribution >= 0.6 is 11.3 Å². The van der Waals surface area contributed by atoms with Gasteiger partial charge < -0.3 is 19.9 Å². The van der Waals surface area contributed by atoms with Gasteiger partial charge in [0.1, 0.15) is 0 Å². The van der Waals surface area contributed by atoms with Crippen LogP contribution in [0.1, 0.15) is 24.6 Å². The molecule has 1 aromatic heterocycles. The zero-order valence-corrected chi connectivity index (χ0v) is 13.2. The van der Waals surface area contributed by atoms with Crippen molar-refractivity contribution in [2.24, 2.45) is 0 Å². The lowest BCUT2D eigenvalue weighted by atomic mass is 10.3. The molecular weight excluding hydrogens is 274 g/mol. The van der Waals surface area contributed by atoms with Gasteiger partial charge in [0, 0.05) is 24.6 Å². The number of aliphatic hydroxyl groups is 1. The van der Waals surface area contributed by atoms with Crippen molar-refractivity contribution in [1.29, 1.82) is 0 Å². The summed E-state index contributed by atoms with van der Waals surface area (Å²) >= 11 is 1.77. The summed E-state index contributed by atoms with van der Waals surface area (Å²) in [6.45, 7) is 5.92. The summed E-state index contributed by atoms with van der Waals surface area (Å²) in [5, 5.41) is 15.0. The lowest BCUT2D eigenvalue weighted by Crippen LogP contribution is -2.32. The average molecular weight is 301 g/mol. The van der Waals surface area contributed by atoms with Gasteiger partial charge in [0.25, 0.3) is 0 Å². The van der Waals surface area contributed by atoms with Crippen molar-refractivity contribution in [2.75, 3.05) is 39.5 Å². The fourth-order valence-corrected chi connectivity index (χ4v) is 2.39. The first-order chi connectivity index (χ1) is 9.83. The van der Waals surface area contributed by atoms with E-state index in [1.54, 1.807) is 11.3 Å². The van der Waals surface area contributed by atoms with Crippen molar-refractivity contribution >= 4 is 11.3 Å². The lowest BCUT2D eigenvalue weighted by molar-refractivity contribution is 0.00401. The molecule has 0 saturated heterocycles. The first-order valence-electron chi connectivity index (χ1n) is 7.39. The van der Waals surface area contributed by atoms with Gasteiger partial charge in [0.2, 0.25) is 0 Å². The standard InChI is InChI=1S/C15H27NO3S/c1-2-3-8-18-9-10-19-13-14(17)12-16-7-6-15-5-4-11-20-15/h4-5,11,14,16-17H,2-3,6-10,12-13H2,1H3. The van der Waals surface area contributed by atoms with Gasteiger partial charge in [-0.25, -0.2) is 0 Å². The Kier molecular flexibility index (Phi) is 10.8. The molecule has 0 fully saturated rings. The van der Waals surface area contributed by atoms with E-state index >= 15 is 0 Å². The molecule has 1 atom stereocenters. The summed E-state index contributed by atoms with van der Waals surface area (Å²) in [5.74, 6) is 0. The van der Waals surface area contributed by atoms with Gasteiger partial charge in [-0.05, 0) is 24.3 Å². The quantitative estimate of drug-likeness (QED) is 0.548. The molecule has 1 aromatic rings. The van der Waals surface area contributed by atoms with Crippen molar-refractivity contribution in [3.05, 3.63) is 22.4 Å². The molecule has 0 aliphatic heterocycles. The maximum Gasteiger partial charge on any atom is 0.0897 e. The summed E-state index contributed by atoms with van der Waals surface area (Å²) in [6, 6.07) is 4.19. The first kappa shape index (κ1) is 17.6. The maximum absolute atomic E-state index is 9.72. The van der Waals surface area contributed by atoms with Crippen LogP contribution in [0, 0.1) is 0 Å². The molecule has 1 heterocycles. The highest BCUT2D eigenvalue weighted by Gasteiger charge is 2.03. The Labute approximate surface area is 126 Å². The molecule has 0 bridgehead atoms. The third kappa shape index (κ3) is 9.44. The molecule has 0 saturated carbocycles. The number of thiophene rings is 1. The molecule has 20 heavy (non-hydrogen) atoms. The molecule has 0 spiro atoms. The predicted octanol–water partition coefficient (Wildman–Crippen LogP) is 2.07. The van der Waals surface area contributed by atoms with Crippen LogP contribution in [0.5, 0.6) is 0 Å². The molecule has 0 aliphatic carbocycles. The van der Waals surface area contributed by atoms with Gasteiger partial charge in [-0.1, -0.05) is 19.4 Å². The van der Waals surface area contributed by atoms with E-state index in [0.717, 1.165) is 32.4 Å². The van der Waals surface area contributed by atoms with Gasteiger partial charge in [0.15, 0.2) is 0 Å². The minimum absolute atomic E-state index is 0.364. The van der Waals surface area contributed by atoms with Crippen molar-refractivity contribution in [3.8, 4) is 0 Å². The smallest absolute Gasteiger partial charge is 0.0897 e. The second-order valence-corrected chi connectivity index (χ2v) is 5.76. The average Bonchev–Trinajstić information content (AvgIpc) is 2.96. The molecule has 116 valence electrons. The Morgan fingerprint density at radius 3 is 2.90 bits per heavy atom. The number of aliphatic hydroxyl groups excluding tert-OH is 1. The Morgan fingerprint density at radius 2 is 2.15 bits per heavy atom. The number of hydrogen-bond donors (Lipinski definition) is 2. The van der Waals surface area contributed by atoms with E-state index in [4.69, 9.17) is 9.47 Å². The topological polar surface area (TPSA) is 50.7 Å². The van der Waals surface area contributed by atoms with E-state index in [-0.39, 0.29) is 0 Å². The highest BCUT2D eigenvalue weighted by molar-refractivity contribution is 7.09. The third-order valence-corrected chi connectivity index (χ3v) is 3.77. The summed E-state index contributed by atoms with van der Waals surface area (Å²) in [4.78, 5) is 1.37. The van der Waals surface area contributed by atoms with Crippen LogP contribution < -0.4 is 5.32 Å². The Bertz CT molecular complexity index is 306. The molecule has 0 aromatic carbocycles. The molecule has 5 heteroatoms. The number of ether oxygens (including phenoxy) is 2. The minimum Gasteiger partial charge on any atom is -0.389 e. The maximum atomic E-state index is 9.72. The van der Waals surface area contributed by atoms with Crippen molar-refractivity contribution in [3.63, 3.8) is 0 Å². The van der Waals surface area contributed by atoms with Crippen molar-refractivity contribution in [1.82, 2.24) is 5.32 Å². The zero-order chi connectivity index (χ0) is 14.5. The van der Waals surface area contributed by atoms with Crippen LogP contribution in [-0.2, 0) is 15.9 Å². The van der Waals surface area contributed by atoms with Crippen LogP contribution in [0.2, 0.25) is 0 Å². The van der Waals surface area contributed by atoms with Crippen LogP contribution in [0.15, 0.2) is 17.5 Å². The van der Waals surface area contributed by atoms with Gasteiger partial charge in [0.05, 0.1) is 25.9 Å². The molecule has 0 aliphatic rings. The van der Waals surface area contributed by atoms with E-state index in [0.29, 0.717) is 26.4 Å². The second-order valence-electron chi connectivity index (χ2n) is 4.73. The van der Waals surface area contributed by atoms with Crippen LogP contribution in [0.4, 0.5) is 0 Å². The molecule has 0 amide bonds. The monoisotopic (exact) mass is 301 g/mol. The first-order valence-corrected chi connectivity index (χ1v) is 8.27. The van der Waals surface area contributed by atoms with E-state index < -0.39 is 6.10 Å². The van der Waals surface area contributed by atoms with Crippen LogP contribution in [-0.4, -0.2) is 50.7 Å². The van der Waals surface area contributed by atoms with E-state index in [9.17, 15) is 5.11 Å². The fourth-order valence-electron chi connectivity index (χ4n) is 1.68. The van der Waals surface area contributed by atoms with Crippen molar-refractivity contribution in [2.45, 2.75) is 32.3 Å². The summed E-state index contributed by atoms with van der Waals surface area (Å²) in [5.41, 5.74) is 0.